The zero-order valence-electron chi connectivity index (χ0n) is 6.18. The summed E-state index contributed by atoms with van der Waals surface area (Å²) in [5, 5.41) is 7.00. The molecular formula is C5H17ClO3. The first-order chi connectivity index (χ1) is 3.41. The van der Waals surface area contributed by atoms with Crippen molar-refractivity contribution in [1.29, 1.82) is 0 Å². The average molecular weight is 161 g/mol. The van der Waals surface area contributed by atoms with E-state index in [9.17, 15) is 0 Å². The van der Waals surface area contributed by atoms with E-state index in [0.717, 1.165) is 20.3 Å². The van der Waals surface area contributed by atoms with Gasteiger partial charge in [0.15, 0.2) is 0 Å². The van der Waals surface area contributed by atoms with E-state index in [0.29, 0.717) is 0 Å². The van der Waals surface area contributed by atoms with Crippen LogP contribution in [-0.4, -0.2) is 30.9 Å². The van der Waals surface area contributed by atoms with Crippen LogP contribution in [0.25, 0.3) is 0 Å². The highest BCUT2D eigenvalue weighted by atomic mass is 35.5. The van der Waals surface area contributed by atoms with E-state index in [-0.39, 0.29) is 17.9 Å². The fourth-order valence-corrected chi connectivity index (χ4v) is 0.204. The molecule has 0 aliphatic carbocycles. The van der Waals surface area contributed by atoms with Gasteiger partial charge in [-0.2, -0.15) is 0 Å². The van der Waals surface area contributed by atoms with Gasteiger partial charge in [0, 0.05) is 20.3 Å². The number of hydrogen-bond acceptors (Lipinski definition) is 2. The summed E-state index contributed by atoms with van der Waals surface area (Å²) >= 11 is 0. The molecule has 0 aromatic heterocycles. The van der Waals surface area contributed by atoms with Gasteiger partial charge < -0.3 is 15.3 Å². The van der Waals surface area contributed by atoms with Gasteiger partial charge in [0.05, 0.1) is 0 Å². The van der Waals surface area contributed by atoms with E-state index in [1.165, 1.54) is 0 Å². The Morgan fingerprint density at radius 3 is 1.33 bits per heavy atom. The quantitative estimate of drug-likeness (QED) is 0.630. The monoisotopic (exact) mass is 160 g/mol. The highest BCUT2D eigenvalue weighted by molar-refractivity contribution is 5.85. The summed E-state index contributed by atoms with van der Waals surface area (Å²) < 4.78 is 4.83. The number of hydrogen-bond donors (Lipinski definition) is 1. The van der Waals surface area contributed by atoms with Gasteiger partial charge in [-0.15, -0.1) is 12.4 Å². The summed E-state index contributed by atoms with van der Waals surface area (Å²) in [6.45, 7) is 5.67. The molecule has 0 aliphatic heterocycles. The normalized spacial score (nSPS) is 5.33. The van der Waals surface area contributed by atoms with Gasteiger partial charge in [-0.25, -0.2) is 0 Å². The highest BCUT2D eigenvalue weighted by Gasteiger charge is 1.64. The second kappa shape index (κ2) is 41.8. The number of aliphatic hydroxyl groups is 1. The zero-order valence-corrected chi connectivity index (χ0v) is 6.99. The van der Waals surface area contributed by atoms with Crippen molar-refractivity contribution in [2.45, 2.75) is 13.8 Å². The number of rotatable bonds is 2. The Hall–Kier alpha value is 0.170. The van der Waals surface area contributed by atoms with Crippen molar-refractivity contribution < 1.29 is 15.3 Å². The Morgan fingerprint density at radius 2 is 1.33 bits per heavy atom. The van der Waals surface area contributed by atoms with Crippen molar-refractivity contribution in [3.8, 4) is 0 Å². The molecule has 0 bridgehead atoms. The van der Waals surface area contributed by atoms with E-state index in [4.69, 9.17) is 9.84 Å². The molecule has 0 fully saturated rings. The van der Waals surface area contributed by atoms with Crippen LogP contribution in [0.4, 0.5) is 0 Å². The summed E-state index contributed by atoms with van der Waals surface area (Å²) in [7, 11) is 1.00. The van der Waals surface area contributed by atoms with Gasteiger partial charge in [-0.05, 0) is 13.8 Å². The van der Waals surface area contributed by atoms with Crippen LogP contribution >= 0.6 is 12.4 Å². The van der Waals surface area contributed by atoms with Gasteiger partial charge in [-0.1, -0.05) is 0 Å². The summed E-state index contributed by atoms with van der Waals surface area (Å²) in [5.41, 5.74) is 0. The second-order valence-electron chi connectivity index (χ2n) is 0.781. The van der Waals surface area contributed by atoms with Gasteiger partial charge in [0.2, 0.25) is 0 Å². The molecule has 0 atom stereocenters. The molecule has 0 radical (unpaired) electrons. The third-order valence-corrected chi connectivity index (χ3v) is 0.408. The van der Waals surface area contributed by atoms with E-state index >= 15 is 0 Å². The van der Waals surface area contributed by atoms with E-state index < -0.39 is 0 Å². The van der Waals surface area contributed by atoms with Crippen LogP contribution in [0.15, 0.2) is 0 Å². The van der Waals surface area contributed by atoms with Crippen LogP contribution in [0.3, 0.4) is 0 Å². The largest absolute Gasteiger partial charge is 0.412 e. The highest BCUT2D eigenvalue weighted by Crippen LogP contribution is 1.64. The Morgan fingerprint density at radius 1 is 1.11 bits per heavy atom. The van der Waals surface area contributed by atoms with Crippen LogP contribution < -0.4 is 0 Å². The van der Waals surface area contributed by atoms with Crippen molar-refractivity contribution in [2.75, 3.05) is 20.3 Å². The molecule has 0 aromatic carbocycles. The van der Waals surface area contributed by atoms with Crippen LogP contribution in [0.1, 0.15) is 13.8 Å². The Balaban J connectivity index is -0.0000000286. The lowest BCUT2D eigenvalue weighted by Gasteiger charge is -1.86. The average Bonchev–Trinajstić information content (AvgIpc) is 1.75. The number of aliphatic hydroxyl groups excluding tert-OH is 1. The van der Waals surface area contributed by atoms with Gasteiger partial charge in [-0.3, -0.25) is 0 Å². The molecule has 0 saturated heterocycles. The van der Waals surface area contributed by atoms with Crippen LogP contribution in [0.5, 0.6) is 0 Å². The minimum absolute atomic E-state index is 0. The molecule has 4 heteroatoms. The minimum Gasteiger partial charge on any atom is -0.412 e. The minimum atomic E-state index is 0. The summed E-state index contributed by atoms with van der Waals surface area (Å²) in [6.07, 6.45) is 0. The van der Waals surface area contributed by atoms with E-state index in [1.807, 2.05) is 13.8 Å². The molecule has 0 heterocycles. The Labute approximate surface area is 62.7 Å². The van der Waals surface area contributed by atoms with Crippen molar-refractivity contribution in [2.24, 2.45) is 0 Å². The first-order valence-corrected chi connectivity index (χ1v) is 2.44. The standard InChI is InChI=1S/C4H10O.CH4O.ClH.H2O/c1-3-5-4-2;1-2;;/h3-4H2,1-2H3;2H,1H3;1H;1H2. The molecule has 0 rings (SSSR count). The molecule has 9 heavy (non-hydrogen) atoms. The van der Waals surface area contributed by atoms with Gasteiger partial charge in [0.1, 0.15) is 0 Å². The SMILES string of the molecule is CCOCC.CO.Cl.O. The lowest BCUT2D eigenvalue weighted by Crippen LogP contribution is -1.84. The van der Waals surface area contributed by atoms with E-state index in [2.05, 4.69) is 0 Å². The smallest absolute Gasteiger partial charge is 0.0437 e. The van der Waals surface area contributed by atoms with Gasteiger partial charge in [0.25, 0.3) is 0 Å². The van der Waals surface area contributed by atoms with E-state index in [1.54, 1.807) is 0 Å². The maximum Gasteiger partial charge on any atom is 0.0437 e. The van der Waals surface area contributed by atoms with Crippen LogP contribution in [-0.2, 0) is 4.74 Å². The van der Waals surface area contributed by atoms with Crippen LogP contribution in [0.2, 0.25) is 0 Å². The number of halogens is 1. The van der Waals surface area contributed by atoms with Crippen LogP contribution in [0, 0.1) is 0 Å². The van der Waals surface area contributed by atoms with Gasteiger partial charge >= 0.3 is 0 Å². The second-order valence-corrected chi connectivity index (χ2v) is 0.781. The molecule has 3 N–H and O–H groups in total. The predicted octanol–water partition coefficient (Wildman–Crippen LogP) is 0.248. The number of ether oxygens (including phenoxy) is 1. The van der Waals surface area contributed by atoms with Crippen molar-refractivity contribution >= 4 is 12.4 Å². The molecule has 0 amide bonds. The summed E-state index contributed by atoms with van der Waals surface area (Å²) in [6, 6.07) is 0. The third kappa shape index (κ3) is 66.1. The maximum atomic E-state index is 7.00. The third-order valence-electron chi connectivity index (χ3n) is 0.408. The van der Waals surface area contributed by atoms with Crippen molar-refractivity contribution in [3.63, 3.8) is 0 Å². The molecular weight excluding hydrogens is 144 g/mol. The predicted molar refractivity (Wildman–Crippen MR) is 41.2 cm³/mol. The maximum absolute atomic E-state index is 7.00. The fourth-order valence-electron chi connectivity index (χ4n) is 0.204. The lowest BCUT2D eigenvalue weighted by molar-refractivity contribution is 0.162. The fraction of sp³-hybridized carbons (Fsp3) is 1.00. The Kier molecular flexibility index (Phi) is 106. The molecule has 0 saturated carbocycles. The first kappa shape index (κ1) is 22.9. The molecule has 3 nitrogen and oxygen atoms in total. The summed E-state index contributed by atoms with van der Waals surface area (Å²) in [5.74, 6) is 0. The molecule has 62 valence electrons. The zero-order chi connectivity index (χ0) is 6.12. The van der Waals surface area contributed by atoms with Crippen molar-refractivity contribution in [1.82, 2.24) is 0 Å². The first-order valence-electron chi connectivity index (χ1n) is 2.44. The molecule has 0 aliphatic rings. The molecule has 0 aromatic rings. The van der Waals surface area contributed by atoms with Crippen molar-refractivity contribution in [3.05, 3.63) is 0 Å². The molecule has 0 spiro atoms. The lowest BCUT2D eigenvalue weighted by atomic mass is 10.8. The summed E-state index contributed by atoms with van der Waals surface area (Å²) in [4.78, 5) is 0. The molecule has 0 unspecified atom stereocenters. The Bertz CT molecular complexity index is 19.7. The topological polar surface area (TPSA) is 61.0 Å².